The van der Waals surface area contributed by atoms with Gasteiger partial charge in [-0.3, -0.25) is 19.2 Å². The number of allylic oxidation sites excluding steroid dienone is 1. The fourth-order valence-corrected chi connectivity index (χ4v) is 5.90. The van der Waals surface area contributed by atoms with Gasteiger partial charge in [0.1, 0.15) is 0 Å². The molecule has 10 nitrogen and oxygen atoms in total. The lowest BCUT2D eigenvalue weighted by molar-refractivity contribution is -0.138. The number of aromatic amines is 2. The maximum atomic E-state index is 12.4. The van der Waals surface area contributed by atoms with E-state index >= 15 is 0 Å². The summed E-state index contributed by atoms with van der Waals surface area (Å²) in [5.41, 5.74) is 7.85. The molecule has 0 unspecified atom stereocenters. The van der Waals surface area contributed by atoms with Crippen molar-refractivity contribution < 1.29 is 29.4 Å². The summed E-state index contributed by atoms with van der Waals surface area (Å²) in [5, 5.41) is 23.3. The number of nitrogens with zero attached hydrogens (tertiary/aromatic N) is 1. The number of amides is 2. The minimum atomic E-state index is -0.922. The van der Waals surface area contributed by atoms with Crippen LogP contribution in [0.4, 0.5) is 0 Å². The zero-order valence-corrected chi connectivity index (χ0v) is 25.2. The van der Waals surface area contributed by atoms with Crippen LogP contribution < -0.4 is 16.0 Å². The number of hydrogen-bond donors (Lipinski definition) is 5. The van der Waals surface area contributed by atoms with E-state index in [1.807, 2.05) is 52.8 Å². The lowest BCUT2D eigenvalue weighted by Gasteiger charge is -2.12. The van der Waals surface area contributed by atoms with E-state index in [9.17, 15) is 29.4 Å². The van der Waals surface area contributed by atoms with E-state index in [4.69, 9.17) is 0 Å². The van der Waals surface area contributed by atoms with Gasteiger partial charge in [-0.1, -0.05) is 18.7 Å². The third kappa shape index (κ3) is 6.38. The Morgan fingerprint density at radius 2 is 1.60 bits per heavy atom. The van der Waals surface area contributed by atoms with Crippen LogP contribution in [0.25, 0.3) is 12.2 Å². The smallest absolute Gasteiger partial charge is 0.303 e. The SMILES string of the molecule is C=CC1=C(C)[C@@H](Cc2[nH]c(/C=c3\[nH]c(=CC4=NC(=O)[C@H](C)/C4=C\C)c(C)c3CCC(=O)O)c(CCC(=O)O)c2C)NC1=O. The van der Waals surface area contributed by atoms with Gasteiger partial charge >= 0.3 is 11.9 Å². The lowest BCUT2D eigenvalue weighted by atomic mass is 9.98. The largest absolute Gasteiger partial charge is 0.481 e. The maximum Gasteiger partial charge on any atom is 0.303 e. The predicted molar refractivity (Wildman–Crippen MR) is 164 cm³/mol. The van der Waals surface area contributed by atoms with E-state index in [1.165, 1.54) is 0 Å². The van der Waals surface area contributed by atoms with Crippen molar-refractivity contribution in [2.24, 2.45) is 10.9 Å². The van der Waals surface area contributed by atoms with Crippen molar-refractivity contribution in [3.8, 4) is 0 Å². The molecule has 2 amide bonds. The summed E-state index contributed by atoms with van der Waals surface area (Å²) in [6, 6.07) is -0.226. The highest BCUT2D eigenvalue weighted by Crippen LogP contribution is 2.27. The molecule has 0 saturated heterocycles. The van der Waals surface area contributed by atoms with E-state index in [0.717, 1.165) is 39.1 Å². The molecule has 2 aliphatic rings. The summed E-state index contributed by atoms with van der Waals surface area (Å²) < 4.78 is 0. The van der Waals surface area contributed by atoms with Crippen LogP contribution in [0.5, 0.6) is 0 Å². The molecule has 10 heteroatoms. The zero-order valence-electron chi connectivity index (χ0n) is 25.2. The van der Waals surface area contributed by atoms with Crippen molar-refractivity contribution in [1.29, 1.82) is 0 Å². The van der Waals surface area contributed by atoms with Gasteiger partial charge in [-0.2, -0.15) is 0 Å². The van der Waals surface area contributed by atoms with Crippen LogP contribution in [0, 0.1) is 19.8 Å². The molecule has 0 bridgehead atoms. The number of hydrogen-bond acceptors (Lipinski definition) is 4. The fourth-order valence-electron chi connectivity index (χ4n) is 5.90. The van der Waals surface area contributed by atoms with Crippen molar-refractivity contribution in [2.45, 2.75) is 72.8 Å². The highest BCUT2D eigenvalue weighted by Gasteiger charge is 2.29. The molecular formula is C33H38N4O6. The molecule has 2 aromatic heterocycles. The third-order valence-corrected chi connectivity index (χ3v) is 8.50. The van der Waals surface area contributed by atoms with Gasteiger partial charge in [0, 0.05) is 46.9 Å². The molecule has 0 aliphatic carbocycles. The Balaban J connectivity index is 1.86. The first kappa shape index (κ1) is 31.2. The zero-order chi connectivity index (χ0) is 31.6. The molecule has 2 aliphatic heterocycles. The van der Waals surface area contributed by atoms with E-state index in [0.29, 0.717) is 34.1 Å². The minimum absolute atomic E-state index is 0.0640. The van der Waals surface area contributed by atoms with Crippen LogP contribution in [-0.4, -0.2) is 55.7 Å². The van der Waals surface area contributed by atoms with Gasteiger partial charge in [-0.25, -0.2) is 4.99 Å². The second kappa shape index (κ2) is 12.6. The summed E-state index contributed by atoms with van der Waals surface area (Å²) in [7, 11) is 0. The summed E-state index contributed by atoms with van der Waals surface area (Å²) in [6.07, 6.45) is 8.05. The first-order valence-corrected chi connectivity index (χ1v) is 14.3. The number of aliphatic carboxylic acids is 2. The average molecular weight is 587 g/mol. The van der Waals surface area contributed by atoms with E-state index < -0.39 is 11.9 Å². The molecule has 0 spiro atoms. The van der Waals surface area contributed by atoms with Gasteiger partial charge in [0.05, 0.1) is 17.7 Å². The topological polar surface area (TPSA) is 165 Å². The summed E-state index contributed by atoms with van der Waals surface area (Å²) >= 11 is 0. The molecule has 4 heterocycles. The van der Waals surface area contributed by atoms with E-state index in [-0.39, 0.29) is 49.5 Å². The molecule has 43 heavy (non-hydrogen) atoms. The van der Waals surface area contributed by atoms with E-state index in [1.54, 1.807) is 6.08 Å². The molecule has 2 atom stereocenters. The quantitative estimate of drug-likeness (QED) is 0.272. The number of carboxylic acids is 2. The van der Waals surface area contributed by atoms with Crippen LogP contribution in [0.3, 0.4) is 0 Å². The maximum absolute atomic E-state index is 12.4. The standard InChI is InChI=1S/C33H38N4O6/c1-7-20-19(6)32(42)37-27(20)14-25-18(5)23(10-12-31(40)41)29(35-25)15-28-22(9-11-30(38)39)17(4)24(34-28)13-26-16(3)21(8-2)33(43)36-26/h7-8,14-15,19,26,34-35H,2,9-13H2,1,3-6H3,(H,36,43)(H,38,39)(H,40,41)/b20-7+,25-14?,29-15-/t19-,26-/m1/s1. The summed E-state index contributed by atoms with van der Waals surface area (Å²) in [6.45, 7) is 13.2. The number of nitrogens with one attached hydrogen (secondary N) is 3. The van der Waals surface area contributed by atoms with E-state index in [2.05, 4.69) is 26.9 Å². The van der Waals surface area contributed by atoms with Crippen molar-refractivity contribution in [2.75, 3.05) is 0 Å². The van der Waals surface area contributed by atoms with Gasteiger partial charge in [0.25, 0.3) is 11.8 Å². The highest BCUT2D eigenvalue weighted by molar-refractivity contribution is 6.29. The molecule has 4 rings (SSSR count). The molecule has 0 fully saturated rings. The number of aliphatic imine (C=N–C) groups is 1. The van der Waals surface area contributed by atoms with Crippen LogP contribution >= 0.6 is 0 Å². The molecule has 0 saturated carbocycles. The Bertz CT molecular complexity index is 1750. The Hall–Kier alpha value is -4.73. The molecular weight excluding hydrogens is 548 g/mol. The number of carbonyl (C=O) groups is 4. The van der Waals surface area contributed by atoms with Crippen LogP contribution in [-0.2, 0) is 38.4 Å². The van der Waals surface area contributed by atoms with Crippen molar-refractivity contribution in [3.05, 3.63) is 79.8 Å². The van der Waals surface area contributed by atoms with Crippen LogP contribution in [0.15, 0.2) is 40.4 Å². The molecule has 0 radical (unpaired) electrons. The van der Waals surface area contributed by atoms with Gasteiger partial charge in [-0.15, -0.1) is 0 Å². The van der Waals surface area contributed by atoms with Crippen molar-refractivity contribution in [1.82, 2.24) is 15.3 Å². The Kier molecular flexibility index (Phi) is 9.18. The second-order valence-electron chi connectivity index (χ2n) is 11.1. The molecule has 2 aromatic rings. The first-order chi connectivity index (χ1) is 20.4. The van der Waals surface area contributed by atoms with Crippen LogP contribution in [0.2, 0.25) is 0 Å². The third-order valence-electron chi connectivity index (χ3n) is 8.50. The van der Waals surface area contributed by atoms with Gasteiger partial charge in [0.15, 0.2) is 0 Å². The summed E-state index contributed by atoms with van der Waals surface area (Å²) in [4.78, 5) is 58.8. The number of aromatic nitrogens is 2. The normalized spacial score (nSPS) is 20.4. The number of carbonyl (C=O) groups excluding carboxylic acids is 2. The summed E-state index contributed by atoms with van der Waals surface area (Å²) in [5.74, 6) is -2.54. The Morgan fingerprint density at radius 1 is 0.953 bits per heavy atom. The van der Waals surface area contributed by atoms with Gasteiger partial charge < -0.3 is 25.5 Å². The highest BCUT2D eigenvalue weighted by atomic mass is 16.4. The van der Waals surface area contributed by atoms with Crippen LogP contribution in [0.1, 0.15) is 67.3 Å². The minimum Gasteiger partial charge on any atom is -0.481 e. The van der Waals surface area contributed by atoms with Gasteiger partial charge in [0.2, 0.25) is 0 Å². The fraction of sp³-hybridized carbons (Fsp3) is 0.364. The number of carboxylic acid groups (broad SMARTS) is 2. The van der Waals surface area contributed by atoms with Gasteiger partial charge in [-0.05, 0) is 93.0 Å². The first-order valence-electron chi connectivity index (χ1n) is 14.3. The lowest BCUT2D eigenvalue weighted by Crippen LogP contribution is -2.30. The van der Waals surface area contributed by atoms with Crippen molar-refractivity contribution in [3.63, 3.8) is 0 Å². The number of H-pyrrole nitrogens is 2. The molecule has 5 N–H and O–H groups in total. The molecule has 0 aromatic carbocycles. The Labute approximate surface area is 249 Å². The molecule has 226 valence electrons. The average Bonchev–Trinajstić information content (AvgIpc) is 3.59. The monoisotopic (exact) mass is 586 g/mol. The van der Waals surface area contributed by atoms with Crippen molar-refractivity contribution >= 4 is 41.6 Å². The number of rotatable bonds is 11. The second-order valence-corrected chi connectivity index (χ2v) is 11.1. The Morgan fingerprint density at radius 3 is 2.19 bits per heavy atom. The predicted octanol–water partition coefficient (Wildman–Crippen LogP) is 2.71.